The van der Waals surface area contributed by atoms with E-state index in [1.54, 1.807) is 0 Å². The number of nitrogens with two attached hydrogens (primary N) is 1. The van der Waals surface area contributed by atoms with E-state index in [9.17, 15) is 14.0 Å². The Morgan fingerprint density at radius 2 is 1.77 bits per heavy atom. The molecule has 1 aromatic rings. The summed E-state index contributed by atoms with van der Waals surface area (Å²) in [6.45, 7) is 4.36. The predicted molar refractivity (Wildman–Crippen MR) is 87.3 cm³/mol. The maximum Gasteiger partial charge on any atom is 0.251 e. The molecule has 122 valence electrons. The van der Waals surface area contributed by atoms with Crippen molar-refractivity contribution in [2.75, 3.05) is 19.3 Å². The molecular formula is C15H22FN3O2S. The van der Waals surface area contributed by atoms with Gasteiger partial charge in [-0.15, -0.1) is 0 Å². The summed E-state index contributed by atoms with van der Waals surface area (Å²) in [7, 11) is 0. The minimum absolute atomic E-state index is 0.254. The molecule has 0 aliphatic carbocycles. The van der Waals surface area contributed by atoms with Crippen LogP contribution in [0.25, 0.3) is 0 Å². The highest BCUT2D eigenvalue weighted by molar-refractivity contribution is 8.00. The van der Waals surface area contributed by atoms with Gasteiger partial charge in [0, 0.05) is 23.4 Å². The van der Waals surface area contributed by atoms with Gasteiger partial charge in [-0.3, -0.25) is 9.59 Å². The van der Waals surface area contributed by atoms with Crippen LogP contribution in [-0.4, -0.2) is 41.9 Å². The molecule has 0 spiro atoms. The van der Waals surface area contributed by atoms with E-state index in [1.807, 2.05) is 20.1 Å². The zero-order chi connectivity index (χ0) is 16.8. The molecule has 0 aliphatic rings. The molecule has 22 heavy (non-hydrogen) atoms. The molecule has 7 heteroatoms. The largest absolute Gasteiger partial charge is 0.353 e. The summed E-state index contributed by atoms with van der Waals surface area (Å²) in [5, 5.41) is 5.33. The maximum atomic E-state index is 12.8. The van der Waals surface area contributed by atoms with Crippen LogP contribution in [0.4, 0.5) is 4.39 Å². The molecule has 0 saturated carbocycles. The Balaban J connectivity index is 2.34. The van der Waals surface area contributed by atoms with Crippen molar-refractivity contribution in [2.24, 2.45) is 5.73 Å². The number of benzene rings is 1. The van der Waals surface area contributed by atoms with Crippen LogP contribution in [0, 0.1) is 5.82 Å². The van der Waals surface area contributed by atoms with E-state index < -0.39 is 11.9 Å². The van der Waals surface area contributed by atoms with E-state index in [0.29, 0.717) is 5.56 Å². The standard InChI is InChI=1S/C15H22FN3O2S/c1-15(2,22-3)12(17)14(21)19-9-8-18-13(20)10-4-6-11(16)7-5-10/h4-7,12H,8-9,17H2,1-3H3,(H,18,20)(H,19,21)/t12-/m1/s1. The maximum absolute atomic E-state index is 12.8. The van der Waals surface area contributed by atoms with Crippen molar-refractivity contribution >= 4 is 23.6 Å². The summed E-state index contributed by atoms with van der Waals surface area (Å²) < 4.78 is 12.4. The van der Waals surface area contributed by atoms with Gasteiger partial charge in [0.15, 0.2) is 0 Å². The monoisotopic (exact) mass is 327 g/mol. The third-order valence-corrected chi connectivity index (χ3v) is 4.68. The predicted octanol–water partition coefficient (Wildman–Crippen LogP) is 1.14. The van der Waals surface area contributed by atoms with E-state index in [0.717, 1.165) is 0 Å². The van der Waals surface area contributed by atoms with Crippen molar-refractivity contribution in [3.8, 4) is 0 Å². The quantitative estimate of drug-likeness (QED) is 0.656. The van der Waals surface area contributed by atoms with Gasteiger partial charge < -0.3 is 16.4 Å². The average molecular weight is 327 g/mol. The number of amides is 2. The fourth-order valence-corrected chi connectivity index (χ4v) is 1.98. The number of halogens is 1. The molecule has 0 fully saturated rings. The van der Waals surface area contributed by atoms with Crippen LogP contribution >= 0.6 is 11.8 Å². The van der Waals surface area contributed by atoms with Gasteiger partial charge in [0.25, 0.3) is 5.91 Å². The molecule has 0 radical (unpaired) electrons. The first kappa shape index (κ1) is 18.4. The summed E-state index contributed by atoms with van der Waals surface area (Å²) in [5.41, 5.74) is 6.27. The number of carbonyl (C=O) groups is 2. The van der Waals surface area contributed by atoms with Crippen LogP contribution < -0.4 is 16.4 Å². The number of carbonyl (C=O) groups excluding carboxylic acids is 2. The minimum atomic E-state index is -0.629. The van der Waals surface area contributed by atoms with Crippen molar-refractivity contribution < 1.29 is 14.0 Å². The van der Waals surface area contributed by atoms with Crippen LogP contribution in [0.1, 0.15) is 24.2 Å². The van der Waals surface area contributed by atoms with Gasteiger partial charge in [-0.1, -0.05) is 0 Å². The van der Waals surface area contributed by atoms with Crippen LogP contribution in [0.3, 0.4) is 0 Å². The van der Waals surface area contributed by atoms with Gasteiger partial charge >= 0.3 is 0 Å². The highest BCUT2D eigenvalue weighted by Gasteiger charge is 2.30. The summed E-state index contributed by atoms with van der Waals surface area (Å²) in [4.78, 5) is 23.7. The van der Waals surface area contributed by atoms with Gasteiger partial charge in [-0.05, 0) is 44.4 Å². The van der Waals surface area contributed by atoms with E-state index in [1.165, 1.54) is 36.0 Å². The summed E-state index contributed by atoms with van der Waals surface area (Å²) >= 11 is 1.52. The second kappa shape index (κ2) is 8.14. The van der Waals surface area contributed by atoms with E-state index in [4.69, 9.17) is 5.73 Å². The van der Waals surface area contributed by atoms with Gasteiger partial charge in [-0.25, -0.2) is 4.39 Å². The molecule has 1 rings (SSSR count). The second-order valence-electron chi connectivity index (χ2n) is 5.34. The van der Waals surface area contributed by atoms with Crippen molar-refractivity contribution in [3.05, 3.63) is 35.6 Å². The smallest absolute Gasteiger partial charge is 0.251 e. The fraction of sp³-hybridized carbons (Fsp3) is 0.467. The SMILES string of the molecule is CSC(C)(C)[C@H](N)C(=O)NCCNC(=O)c1ccc(F)cc1. The Morgan fingerprint density at radius 3 is 2.32 bits per heavy atom. The summed E-state index contributed by atoms with van der Waals surface area (Å²) in [6.07, 6.45) is 1.90. The fourth-order valence-electron chi connectivity index (χ4n) is 1.62. The van der Waals surface area contributed by atoms with Crippen LogP contribution in [-0.2, 0) is 4.79 Å². The lowest BCUT2D eigenvalue weighted by Gasteiger charge is -2.28. The van der Waals surface area contributed by atoms with Gasteiger partial charge in [0.1, 0.15) is 5.82 Å². The molecule has 0 heterocycles. The molecule has 4 N–H and O–H groups in total. The Hall–Kier alpha value is -1.60. The Bertz CT molecular complexity index is 520. The molecule has 0 saturated heterocycles. The number of nitrogens with one attached hydrogen (secondary N) is 2. The first-order valence-electron chi connectivity index (χ1n) is 6.90. The molecule has 2 amide bonds. The third kappa shape index (κ3) is 5.31. The van der Waals surface area contributed by atoms with Gasteiger partial charge in [0.2, 0.25) is 5.91 Å². The van der Waals surface area contributed by atoms with Crippen LogP contribution in [0.2, 0.25) is 0 Å². The molecule has 1 aromatic carbocycles. The Labute approximate surface area is 134 Å². The lowest BCUT2D eigenvalue weighted by atomic mass is 10.0. The molecule has 0 bridgehead atoms. The molecule has 0 aliphatic heterocycles. The first-order chi connectivity index (χ1) is 10.3. The third-order valence-electron chi connectivity index (χ3n) is 3.37. The van der Waals surface area contributed by atoms with Crippen molar-refractivity contribution in [1.82, 2.24) is 10.6 Å². The van der Waals surface area contributed by atoms with Gasteiger partial charge in [0.05, 0.1) is 6.04 Å². The molecular weight excluding hydrogens is 305 g/mol. The zero-order valence-electron chi connectivity index (χ0n) is 13.0. The number of thioether (sulfide) groups is 1. The van der Waals surface area contributed by atoms with E-state index in [2.05, 4.69) is 10.6 Å². The number of hydrogen-bond acceptors (Lipinski definition) is 4. The summed E-state index contributed by atoms with van der Waals surface area (Å²) in [6, 6.07) is 4.62. The van der Waals surface area contributed by atoms with Crippen molar-refractivity contribution in [1.29, 1.82) is 0 Å². The first-order valence-corrected chi connectivity index (χ1v) is 8.12. The molecule has 0 unspecified atom stereocenters. The minimum Gasteiger partial charge on any atom is -0.353 e. The second-order valence-corrected chi connectivity index (χ2v) is 6.80. The van der Waals surface area contributed by atoms with Gasteiger partial charge in [-0.2, -0.15) is 11.8 Å². The lowest BCUT2D eigenvalue weighted by molar-refractivity contribution is -0.122. The average Bonchev–Trinajstić information content (AvgIpc) is 2.50. The van der Waals surface area contributed by atoms with Crippen LogP contribution in [0.5, 0.6) is 0 Å². The number of hydrogen-bond donors (Lipinski definition) is 3. The van der Waals surface area contributed by atoms with E-state index >= 15 is 0 Å². The lowest BCUT2D eigenvalue weighted by Crippen LogP contribution is -2.52. The Morgan fingerprint density at radius 1 is 1.23 bits per heavy atom. The Kier molecular flexibility index (Phi) is 6.83. The van der Waals surface area contributed by atoms with E-state index in [-0.39, 0.29) is 29.7 Å². The highest BCUT2D eigenvalue weighted by atomic mass is 32.2. The topological polar surface area (TPSA) is 84.2 Å². The summed E-state index contributed by atoms with van der Waals surface area (Å²) in [5.74, 6) is -0.965. The number of rotatable bonds is 7. The molecule has 0 aromatic heterocycles. The molecule has 1 atom stereocenters. The van der Waals surface area contributed by atoms with Crippen molar-refractivity contribution in [3.63, 3.8) is 0 Å². The highest BCUT2D eigenvalue weighted by Crippen LogP contribution is 2.24. The van der Waals surface area contributed by atoms with Crippen molar-refractivity contribution in [2.45, 2.75) is 24.6 Å². The molecule has 5 nitrogen and oxygen atoms in total. The van der Waals surface area contributed by atoms with Crippen LogP contribution in [0.15, 0.2) is 24.3 Å². The zero-order valence-corrected chi connectivity index (χ0v) is 13.8. The normalized spacial score (nSPS) is 12.6.